The molecule has 106 valence electrons. The fourth-order valence-electron chi connectivity index (χ4n) is 1.96. The lowest BCUT2D eigenvalue weighted by Crippen LogP contribution is -2.45. The second kappa shape index (κ2) is 5.19. The summed E-state index contributed by atoms with van der Waals surface area (Å²) in [4.78, 5) is 24.0. The van der Waals surface area contributed by atoms with Crippen LogP contribution in [0.3, 0.4) is 0 Å². The number of fused-ring (bicyclic) bond motifs is 1. The summed E-state index contributed by atoms with van der Waals surface area (Å²) >= 11 is 0. The van der Waals surface area contributed by atoms with E-state index in [9.17, 15) is 19.8 Å². The number of carbonyl (C=O) groups is 2. The van der Waals surface area contributed by atoms with E-state index in [0.717, 1.165) is 0 Å². The standard InChI is InChI=1S/C15H17NO4/c1-15(2,8-17)16-7-11-12(18)9-5-3-4-6-10(9)13(19)14(11)20/h3-6,16-18H,7-8H2,1-2H3. The molecule has 1 aliphatic rings. The summed E-state index contributed by atoms with van der Waals surface area (Å²) in [7, 11) is 0. The van der Waals surface area contributed by atoms with Crippen LogP contribution in [0.5, 0.6) is 0 Å². The third-order valence-electron chi connectivity index (χ3n) is 3.33. The number of Topliss-reactive ketones (excluding diaryl/α,β-unsaturated/α-hetero) is 2. The smallest absolute Gasteiger partial charge is 0.234 e. The predicted octanol–water partition coefficient (Wildman–Crippen LogP) is 1.08. The quantitative estimate of drug-likeness (QED) is 0.716. The largest absolute Gasteiger partial charge is 0.507 e. The van der Waals surface area contributed by atoms with Crippen LogP contribution in [0.25, 0.3) is 5.76 Å². The fraction of sp³-hybridized carbons (Fsp3) is 0.333. The topological polar surface area (TPSA) is 86.6 Å². The maximum absolute atomic E-state index is 12.0. The number of benzene rings is 1. The van der Waals surface area contributed by atoms with Gasteiger partial charge in [0.25, 0.3) is 0 Å². The van der Waals surface area contributed by atoms with Crippen molar-refractivity contribution >= 4 is 17.3 Å². The molecule has 1 aromatic rings. The second-order valence-electron chi connectivity index (χ2n) is 5.43. The van der Waals surface area contributed by atoms with Gasteiger partial charge in [-0.05, 0) is 13.8 Å². The first-order chi connectivity index (χ1) is 9.37. The van der Waals surface area contributed by atoms with Crippen LogP contribution in [0.2, 0.25) is 0 Å². The van der Waals surface area contributed by atoms with Crippen LogP contribution in [0.15, 0.2) is 29.8 Å². The van der Waals surface area contributed by atoms with Crippen LogP contribution < -0.4 is 5.32 Å². The van der Waals surface area contributed by atoms with Gasteiger partial charge in [-0.15, -0.1) is 0 Å². The van der Waals surface area contributed by atoms with Gasteiger partial charge in [-0.2, -0.15) is 0 Å². The van der Waals surface area contributed by atoms with Crippen molar-refractivity contribution in [3.8, 4) is 0 Å². The summed E-state index contributed by atoms with van der Waals surface area (Å²) in [6.07, 6.45) is 0. The molecule has 0 fully saturated rings. The summed E-state index contributed by atoms with van der Waals surface area (Å²) < 4.78 is 0. The summed E-state index contributed by atoms with van der Waals surface area (Å²) in [5.74, 6) is -1.49. The van der Waals surface area contributed by atoms with Gasteiger partial charge in [-0.1, -0.05) is 24.3 Å². The van der Waals surface area contributed by atoms with Crippen molar-refractivity contribution in [3.05, 3.63) is 41.0 Å². The number of rotatable bonds is 4. The van der Waals surface area contributed by atoms with Gasteiger partial charge in [-0.3, -0.25) is 9.59 Å². The minimum Gasteiger partial charge on any atom is -0.507 e. The highest BCUT2D eigenvalue weighted by Crippen LogP contribution is 2.27. The molecular formula is C15H17NO4. The van der Waals surface area contributed by atoms with Crippen LogP contribution in [-0.4, -0.2) is 40.5 Å². The summed E-state index contributed by atoms with van der Waals surface area (Å²) in [5, 5.41) is 22.3. The lowest BCUT2D eigenvalue weighted by molar-refractivity contribution is -0.112. The van der Waals surface area contributed by atoms with Gasteiger partial charge in [0.05, 0.1) is 12.2 Å². The van der Waals surface area contributed by atoms with Crippen molar-refractivity contribution in [3.63, 3.8) is 0 Å². The zero-order chi connectivity index (χ0) is 14.9. The van der Waals surface area contributed by atoms with Gasteiger partial charge in [0.1, 0.15) is 5.76 Å². The molecule has 20 heavy (non-hydrogen) atoms. The number of aliphatic hydroxyl groups excluding tert-OH is 2. The van der Waals surface area contributed by atoms with Crippen LogP contribution in [-0.2, 0) is 4.79 Å². The molecule has 0 aliphatic heterocycles. The molecule has 1 aliphatic carbocycles. The Kier molecular flexibility index (Phi) is 3.74. The summed E-state index contributed by atoms with van der Waals surface area (Å²) in [6.45, 7) is 3.42. The Balaban J connectivity index is 2.37. The molecule has 1 aromatic carbocycles. The van der Waals surface area contributed by atoms with Gasteiger partial charge in [0.15, 0.2) is 0 Å². The third kappa shape index (κ3) is 2.50. The van der Waals surface area contributed by atoms with Gasteiger partial charge < -0.3 is 15.5 Å². The van der Waals surface area contributed by atoms with Gasteiger partial charge in [0, 0.05) is 23.2 Å². The maximum Gasteiger partial charge on any atom is 0.234 e. The van der Waals surface area contributed by atoms with E-state index in [4.69, 9.17) is 0 Å². The Morgan fingerprint density at radius 2 is 1.70 bits per heavy atom. The van der Waals surface area contributed by atoms with Crippen molar-refractivity contribution in [1.82, 2.24) is 5.32 Å². The first-order valence-corrected chi connectivity index (χ1v) is 6.34. The van der Waals surface area contributed by atoms with Crippen LogP contribution in [0.1, 0.15) is 29.8 Å². The molecule has 5 heteroatoms. The Labute approximate surface area is 116 Å². The van der Waals surface area contributed by atoms with Gasteiger partial charge in [-0.25, -0.2) is 0 Å². The van der Waals surface area contributed by atoms with Crippen LogP contribution in [0.4, 0.5) is 0 Å². The number of ketones is 2. The molecule has 0 saturated carbocycles. The summed E-state index contributed by atoms with van der Waals surface area (Å²) in [5.41, 5.74) is 0.0270. The minimum atomic E-state index is -0.706. The lowest BCUT2D eigenvalue weighted by Gasteiger charge is -2.25. The number of hydrogen-bond acceptors (Lipinski definition) is 5. The molecule has 0 radical (unpaired) electrons. The van der Waals surface area contributed by atoms with Crippen LogP contribution in [0, 0.1) is 0 Å². The van der Waals surface area contributed by atoms with E-state index in [-0.39, 0.29) is 30.0 Å². The highest BCUT2D eigenvalue weighted by atomic mass is 16.3. The maximum atomic E-state index is 12.0. The zero-order valence-corrected chi connectivity index (χ0v) is 11.4. The van der Waals surface area contributed by atoms with E-state index >= 15 is 0 Å². The first-order valence-electron chi connectivity index (χ1n) is 6.34. The van der Waals surface area contributed by atoms with Crippen LogP contribution >= 0.6 is 0 Å². The molecule has 5 nitrogen and oxygen atoms in total. The summed E-state index contributed by atoms with van der Waals surface area (Å²) in [6, 6.07) is 6.47. The monoisotopic (exact) mass is 275 g/mol. The molecule has 0 amide bonds. The molecule has 0 bridgehead atoms. The highest BCUT2D eigenvalue weighted by Gasteiger charge is 2.33. The van der Waals surface area contributed by atoms with Gasteiger partial charge in [0.2, 0.25) is 11.6 Å². The van der Waals surface area contributed by atoms with E-state index in [1.165, 1.54) is 6.07 Å². The molecule has 0 spiro atoms. The lowest BCUT2D eigenvalue weighted by atomic mass is 9.88. The molecular weight excluding hydrogens is 258 g/mol. The van der Waals surface area contributed by atoms with E-state index in [1.807, 2.05) is 0 Å². The number of carbonyl (C=O) groups excluding carboxylic acids is 2. The van der Waals surface area contributed by atoms with E-state index in [2.05, 4.69) is 5.32 Å². The Morgan fingerprint density at radius 3 is 2.30 bits per heavy atom. The van der Waals surface area contributed by atoms with Crippen molar-refractivity contribution in [2.75, 3.05) is 13.2 Å². The third-order valence-corrected chi connectivity index (χ3v) is 3.33. The average Bonchev–Trinajstić information content (AvgIpc) is 2.45. The molecule has 0 saturated heterocycles. The fourth-order valence-corrected chi connectivity index (χ4v) is 1.96. The molecule has 3 N–H and O–H groups in total. The Hall–Kier alpha value is -1.98. The Bertz CT molecular complexity index is 602. The molecule has 0 heterocycles. The average molecular weight is 275 g/mol. The number of aliphatic hydroxyl groups is 2. The van der Waals surface area contributed by atoms with E-state index in [1.54, 1.807) is 32.0 Å². The van der Waals surface area contributed by atoms with Crippen molar-refractivity contribution in [2.24, 2.45) is 0 Å². The van der Waals surface area contributed by atoms with Crippen molar-refractivity contribution in [1.29, 1.82) is 0 Å². The normalized spacial score (nSPS) is 15.6. The molecule has 0 unspecified atom stereocenters. The Morgan fingerprint density at radius 1 is 1.10 bits per heavy atom. The number of nitrogens with one attached hydrogen (secondary N) is 1. The molecule has 0 atom stereocenters. The van der Waals surface area contributed by atoms with E-state index in [0.29, 0.717) is 5.56 Å². The zero-order valence-electron chi connectivity index (χ0n) is 11.4. The second-order valence-corrected chi connectivity index (χ2v) is 5.43. The minimum absolute atomic E-state index is 0.0261. The van der Waals surface area contributed by atoms with E-state index < -0.39 is 17.1 Å². The van der Waals surface area contributed by atoms with Crippen molar-refractivity contribution < 1.29 is 19.8 Å². The first kappa shape index (κ1) is 14.4. The molecule has 2 rings (SSSR count). The SMILES string of the molecule is CC(C)(CO)NCC1=C(O)c2ccccc2C(=O)C1=O. The van der Waals surface area contributed by atoms with Gasteiger partial charge >= 0.3 is 0 Å². The molecule has 0 aromatic heterocycles. The highest BCUT2D eigenvalue weighted by molar-refractivity contribution is 6.52. The van der Waals surface area contributed by atoms with Crippen molar-refractivity contribution in [2.45, 2.75) is 19.4 Å². The predicted molar refractivity (Wildman–Crippen MR) is 74.5 cm³/mol. The number of hydrogen-bond donors (Lipinski definition) is 3.